The maximum atomic E-state index is 12.4. The topological polar surface area (TPSA) is 86.7 Å². The highest BCUT2D eigenvalue weighted by atomic mass is 35.5. The summed E-state index contributed by atoms with van der Waals surface area (Å²) >= 11 is 23.7. The fraction of sp³-hybridized carbons (Fsp3) is 0.300. The molecule has 2 atom stereocenters. The van der Waals surface area contributed by atoms with Gasteiger partial charge in [-0.15, -0.1) is 0 Å². The number of carbonyl (C=O) groups excluding carboxylic acids is 2. The van der Waals surface area contributed by atoms with Crippen molar-refractivity contribution < 1.29 is 27.5 Å². The Morgan fingerprint density at radius 1 is 0.774 bits per heavy atom. The van der Waals surface area contributed by atoms with Gasteiger partial charge in [0.1, 0.15) is 0 Å². The van der Waals surface area contributed by atoms with Crippen LogP contribution in [0.4, 0.5) is 0 Å². The SMILES string of the molecule is O=C(C[C@@H]1CS(=O)(=O)C[C@H]1CC(=O)Oc1cc(Cl)ccc1Cl)Oc1cc(Cl)ccc1Cl. The molecule has 1 saturated heterocycles. The van der Waals surface area contributed by atoms with Crippen molar-refractivity contribution in [3.05, 3.63) is 56.5 Å². The molecule has 0 unspecified atom stereocenters. The molecular weight excluding hydrogens is 510 g/mol. The Morgan fingerprint density at radius 3 is 1.55 bits per heavy atom. The molecule has 166 valence electrons. The summed E-state index contributed by atoms with van der Waals surface area (Å²) in [5.74, 6) is -2.90. The van der Waals surface area contributed by atoms with Crippen LogP contribution in [0.3, 0.4) is 0 Å². The lowest BCUT2D eigenvalue weighted by Gasteiger charge is -2.17. The van der Waals surface area contributed by atoms with Gasteiger partial charge < -0.3 is 9.47 Å². The van der Waals surface area contributed by atoms with Gasteiger partial charge in [0.15, 0.2) is 21.3 Å². The summed E-state index contributed by atoms with van der Waals surface area (Å²) in [4.78, 5) is 24.8. The maximum Gasteiger partial charge on any atom is 0.311 e. The van der Waals surface area contributed by atoms with Crippen molar-refractivity contribution in [2.75, 3.05) is 11.5 Å². The van der Waals surface area contributed by atoms with Crippen molar-refractivity contribution in [3.63, 3.8) is 0 Å². The first-order valence-corrected chi connectivity index (χ1v) is 12.4. The van der Waals surface area contributed by atoms with E-state index in [9.17, 15) is 18.0 Å². The molecule has 1 heterocycles. The third-order valence-corrected chi connectivity index (χ3v) is 7.66. The van der Waals surface area contributed by atoms with Gasteiger partial charge in [-0.2, -0.15) is 0 Å². The van der Waals surface area contributed by atoms with Crippen LogP contribution < -0.4 is 9.47 Å². The Bertz CT molecular complexity index is 1040. The zero-order valence-corrected chi connectivity index (χ0v) is 19.7. The van der Waals surface area contributed by atoms with E-state index in [2.05, 4.69) is 0 Å². The van der Waals surface area contributed by atoms with Gasteiger partial charge in [-0.05, 0) is 36.1 Å². The lowest BCUT2D eigenvalue weighted by Crippen LogP contribution is -2.23. The van der Waals surface area contributed by atoms with Crippen LogP contribution >= 0.6 is 46.4 Å². The summed E-state index contributed by atoms with van der Waals surface area (Å²) in [6, 6.07) is 8.81. The molecule has 1 fully saturated rings. The average Bonchev–Trinajstić information content (AvgIpc) is 2.94. The predicted octanol–water partition coefficient (Wildman–Crippen LogP) is 5.25. The van der Waals surface area contributed by atoms with Gasteiger partial charge in [0.25, 0.3) is 0 Å². The number of sulfone groups is 1. The predicted molar refractivity (Wildman–Crippen MR) is 119 cm³/mol. The second kappa shape index (κ2) is 9.96. The number of carbonyl (C=O) groups is 2. The quantitative estimate of drug-likeness (QED) is 0.378. The van der Waals surface area contributed by atoms with E-state index in [-0.39, 0.29) is 45.9 Å². The fourth-order valence-electron chi connectivity index (χ4n) is 3.31. The summed E-state index contributed by atoms with van der Waals surface area (Å²) < 4.78 is 34.8. The van der Waals surface area contributed by atoms with Crippen LogP contribution in [-0.2, 0) is 19.4 Å². The van der Waals surface area contributed by atoms with Gasteiger partial charge >= 0.3 is 11.9 Å². The van der Waals surface area contributed by atoms with Crippen molar-refractivity contribution in [2.24, 2.45) is 11.8 Å². The summed E-state index contributed by atoms with van der Waals surface area (Å²) in [5, 5.41) is 1.04. The van der Waals surface area contributed by atoms with E-state index in [1.807, 2.05) is 0 Å². The summed E-state index contributed by atoms with van der Waals surface area (Å²) in [5.41, 5.74) is 0. The van der Waals surface area contributed by atoms with Crippen LogP contribution in [0.25, 0.3) is 0 Å². The lowest BCUT2D eigenvalue weighted by molar-refractivity contribution is -0.138. The van der Waals surface area contributed by atoms with Gasteiger partial charge in [0.05, 0.1) is 34.4 Å². The van der Waals surface area contributed by atoms with Gasteiger partial charge in [-0.3, -0.25) is 9.59 Å². The first kappa shape index (κ1) is 24.1. The molecule has 6 nitrogen and oxygen atoms in total. The van der Waals surface area contributed by atoms with Crippen molar-refractivity contribution >= 4 is 68.2 Å². The Morgan fingerprint density at radius 2 is 1.16 bits per heavy atom. The van der Waals surface area contributed by atoms with Crippen LogP contribution in [0.1, 0.15) is 12.8 Å². The highest BCUT2D eigenvalue weighted by molar-refractivity contribution is 7.91. The number of ether oxygens (including phenoxy) is 2. The fourth-order valence-corrected chi connectivity index (χ4v) is 6.17. The Labute approximate surface area is 199 Å². The number of halogens is 4. The zero-order valence-electron chi connectivity index (χ0n) is 15.8. The molecule has 0 spiro atoms. The van der Waals surface area contributed by atoms with Crippen molar-refractivity contribution in [1.82, 2.24) is 0 Å². The molecule has 0 aliphatic carbocycles. The summed E-state index contributed by atoms with van der Waals surface area (Å²) in [6.07, 6.45) is -0.421. The van der Waals surface area contributed by atoms with Gasteiger partial charge in [-0.1, -0.05) is 46.4 Å². The highest BCUT2D eigenvalue weighted by Crippen LogP contribution is 2.34. The molecule has 0 aromatic heterocycles. The minimum atomic E-state index is -3.42. The van der Waals surface area contributed by atoms with E-state index in [0.29, 0.717) is 10.0 Å². The molecule has 0 amide bonds. The first-order valence-electron chi connectivity index (χ1n) is 9.04. The van der Waals surface area contributed by atoms with Gasteiger partial charge in [0.2, 0.25) is 0 Å². The van der Waals surface area contributed by atoms with Crippen LogP contribution in [0.5, 0.6) is 11.5 Å². The number of benzene rings is 2. The lowest BCUT2D eigenvalue weighted by atomic mass is 9.90. The van der Waals surface area contributed by atoms with E-state index in [0.717, 1.165) is 0 Å². The Kier molecular flexibility index (Phi) is 7.76. The molecule has 1 aliphatic rings. The van der Waals surface area contributed by atoms with E-state index in [1.54, 1.807) is 12.1 Å². The summed E-state index contributed by atoms with van der Waals surface area (Å²) in [7, 11) is -3.42. The van der Waals surface area contributed by atoms with Crippen LogP contribution in [0, 0.1) is 11.8 Å². The van der Waals surface area contributed by atoms with Crippen molar-refractivity contribution in [2.45, 2.75) is 12.8 Å². The minimum absolute atomic E-state index is 0.0755. The molecule has 2 aromatic carbocycles. The van der Waals surface area contributed by atoms with Crippen LogP contribution in [0.15, 0.2) is 36.4 Å². The molecule has 11 heteroatoms. The Balaban J connectivity index is 1.66. The highest BCUT2D eigenvalue weighted by Gasteiger charge is 2.40. The monoisotopic (exact) mass is 524 g/mol. The number of hydrogen-bond donors (Lipinski definition) is 0. The molecule has 31 heavy (non-hydrogen) atoms. The Hall–Kier alpha value is -1.51. The molecule has 0 radical (unpaired) electrons. The van der Waals surface area contributed by atoms with Crippen molar-refractivity contribution in [1.29, 1.82) is 0 Å². The summed E-state index contributed by atoms with van der Waals surface area (Å²) in [6.45, 7) is 0. The largest absolute Gasteiger partial charge is 0.425 e. The van der Waals surface area contributed by atoms with E-state index in [4.69, 9.17) is 55.9 Å². The molecule has 0 saturated carbocycles. The van der Waals surface area contributed by atoms with E-state index < -0.39 is 33.6 Å². The first-order chi connectivity index (χ1) is 14.5. The normalized spacial score (nSPS) is 19.7. The van der Waals surface area contributed by atoms with Crippen LogP contribution in [0.2, 0.25) is 20.1 Å². The maximum absolute atomic E-state index is 12.4. The standard InChI is InChI=1S/C20H16Cl4O6S/c21-13-1-3-15(23)17(7-13)29-19(25)5-11-9-31(27,28)10-12(11)6-20(26)30-18-8-14(22)2-4-16(18)24/h1-4,7-8,11-12H,5-6,9-10H2/t11-,12-/m1/s1. The zero-order chi connectivity index (χ0) is 22.8. The second-order valence-electron chi connectivity index (χ2n) is 7.10. The van der Waals surface area contributed by atoms with E-state index in [1.165, 1.54) is 24.3 Å². The molecule has 0 N–H and O–H groups in total. The average molecular weight is 526 g/mol. The number of hydrogen-bond acceptors (Lipinski definition) is 6. The minimum Gasteiger partial charge on any atom is -0.425 e. The third-order valence-electron chi connectivity index (χ3n) is 4.69. The van der Waals surface area contributed by atoms with Gasteiger partial charge in [0, 0.05) is 22.2 Å². The number of rotatable bonds is 6. The molecule has 2 aromatic rings. The smallest absolute Gasteiger partial charge is 0.311 e. The second-order valence-corrected chi connectivity index (χ2v) is 10.9. The molecule has 0 bridgehead atoms. The molecule has 3 rings (SSSR count). The van der Waals surface area contributed by atoms with Gasteiger partial charge in [-0.25, -0.2) is 8.42 Å². The van der Waals surface area contributed by atoms with E-state index >= 15 is 0 Å². The number of esters is 2. The molecule has 1 aliphatic heterocycles. The molecular formula is C20H16Cl4O6S. The van der Waals surface area contributed by atoms with Crippen LogP contribution in [-0.4, -0.2) is 31.9 Å². The van der Waals surface area contributed by atoms with Crippen molar-refractivity contribution in [3.8, 4) is 11.5 Å². The third kappa shape index (κ3) is 6.73.